The van der Waals surface area contributed by atoms with Crippen LogP contribution in [0.1, 0.15) is 25.6 Å². The molecule has 5 heteroatoms. The van der Waals surface area contributed by atoms with E-state index < -0.39 is 0 Å². The van der Waals surface area contributed by atoms with E-state index in [1.807, 2.05) is 6.92 Å². The summed E-state index contributed by atoms with van der Waals surface area (Å²) in [4.78, 5) is 8.38. The van der Waals surface area contributed by atoms with Crippen molar-refractivity contribution in [1.82, 2.24) is 9.97 Å². The van der Waals surface area contributed by atoms with Crippen LogP contribution >= 0.6 is 0 Å². The van der Waals surface area contributed by atoms with E-state index in [-0.39, 0.29) is 5.54 Å². The molecule has 0 spiro atoms. The van der Waals surface area contributed by atoms with E-state index in [4.69, 9.17) is 10.5 Å². The van der Waals surface area contributed by atoms with E-state index in [9.17, 15) is 0 Å². The summed E-state index contributed by atoms with van der Waals surface area (Å²) in [5, 5.41) is 3.43. The third-order valence-corrected chi connectivity index (χ3v) is 2.88. The van der Waals surface area contributed by atoms with Crippen molar-refractivity contribution < 1.29 is 4.74 Å². The minimum absolute atomic E-state index is 0.0471. The van der Waals surface area contributed by atoms with Gasteiger partial charge in [-0.1, -0.05) is 0 Å². The van der Waals surface area contributed by atoms with Gasteiger partial charge in [0, 0.05) is 24.8 Å². The van der Waals surface area contributed by atoms with Crippen LogP contribution in [0.3, 0.4) is 0 Å². The summed E-state index contributed by atoms with van der Waals surface area (Å²) in [6.45, 7) is 5.61. The van der Waals surface area contributed by atoms with Gasteiger partial charge in [0.25, 0.3) is 0 Å². The molecule has 1 saturated heterocycles. The topological polar surface area (TPSA) is 73.1 Å². The van der Waals surface area contributed by atoms with E-state index in [1.54, 1.807) is 6.07 Å². The molecule has 1 aliphatic rings. The van der Waals surface area contributed by atoms with Crippen LogP contribution in [0.2, 0.25) is 0 Å². The highest BCUT2D eigenvalue weighted by molar-refractivity contribution is 5.46. The predicted molar refractivity (Wildman–Crippen MR) is 63.3 cm³/mol. The number of anilines is 2. The molecule has 1 aromatic heterocycles. The molecule has 2 heterocycles. The normalized spacial score (nSPS) is 19.4. The first-order chi connectivity index (χ1) is 7.57. The highest BCUT2D eigenvalue weighted by atomic mass is 16.5. The molecule has 0 bridgehead atoms. The molecule has 0 amide bonds. The van der Waals surface area contributed by atoms with Gasteiger partial charge in [-0.2, -0.15) is 0 Å². The van der Waals surface area contributed by atoms with Gasteiger partial charge in [-0.05, 0) is 26.7 Å². The van der Waals surface area contributed by atoms with E-state index in [0.29, 0.717) is 11.6 Å². The molecule has 0 aromatic carbocycles. The Labute approximate surface area is 95.4 Å². The second kappa shape index (κ2) is 4.25. The van der Waals surface area contributed by atoms with Crippen molar-refractivity contribution in [3.63, 3.8) is 0 Å². The fourth-order valence-electron chi connectivity index (χ4n) is 1.91. The predicted octanol–water partition coefficient (Wildman–Crippen LogP) is 1.35. The third kappa shape index (κ3) is 2.61. The number of hydrogen-bond donors (Lipinski definition) is 2. The Balaban J connectivity index is 2.13. The molecule has 88 valence electrons. The fourth-order valence-corrected chi connectivity index (χ4v) is 1.91. The lowest BCUT2D eigenvalue weighted by Crippen LogP contribution is -2.40. The Morgan fingerprint density at radius 2 is 2.06 bits per heavy atom. The number of nitrogen functional groups attached to an aromatic ring is 1. The van der Waals surface area contributed by atoms with Crippen LogP contribution < -0.4 is 11.1 Å². The summed E-state index contributed by atoms with van der Waals surface area (Å²) >= 11 is 0. The molecular formula is C11H18N4O. The number of nitrogens with two attached hydrogens (primary N) is 1. The first kappa shape index (κ1) is 11.1. The minimum Gasteiger partial charge on any atom is -0.384 e. The molecule has 0 saturated carbocycles. The Morgan fingerprint density at radius 3 is 2.69 bits per heavy atom. The number of nitrogens with zero attached hydrogens (tertiary/aromatic N) is 2. The van der Waals surface area contributed by atoms with Gasteiger partial charge in [0.2, 0.25) is 0 Å². The quantitative estimate of drug-likeness (QED) is 0.790. The van der Waals surface area contributed by atoms with Crippen molar-refractivity contribution in [2.45, 2.75) is 32.2 Å². The average molecular weight is 222 g/mol. The Morgan fingerprint density at radius 1 is 1.38 bits per heavy atom. The third-order valence-electron chi connectivity index (χ3n) is 2.88. The summed E-state index contributed by atoms with van der Waals surface area (Å²) < 4.78 is 5.35. The highest BCUT2D eigenvalue weighted by Crippen LogP contribution is 2.24. The van der Waals surface area contributed by atoms with E-state index >= 15 is 0 Å². The van der Waals surface area contributed by atoms with Crippen molar-refractivity contribution in [2.24, 2.45) is 0 Å². The first-order valence-electron chi connectivity index (χ1n) is 5.54. The van der Waals surface area contributed by atoms with Crippen molar-refractivity contribution in [1.29, 1.82) is 0 Å². The van der Waals surface area contributed by atoms with Crippen LogP contribution in [0, 0.1) is 6.92 Å². The molecule has 16 heavy (non-hydrogen) atoms. The molecule has 5 nitrogen and oxygen atoms in total. The summed E-state index contributed by atoms with van der Waals surface area (Å²) in [6.07, 6.45) is 1.96. The van der Waals surface area contributed by atoms with Gasteiger partial charge >= 0.3 is 0 Å². The summed E-state index contributed by atoms with van der Waals surface area (Å²) in [7, 11) is 0. The zero-order valence-corrected chi connectivity index (χ0v) is 9.79. The molecule has 0 atom stereocenters. The average Bonchev–Trinajstić information content (AvgIpc) is 2.15. The summed E-state index contributed by atoms with van der Waals surface area (Å²) in [6, 6.07) is 1.77. The molecule has 2 rings (SSSR count). The molecule has 1 aromatic rings. The summed E-state index contributed by atoms with van der Waals surface area (Å²) in [5.41, 5.74) is 5.74. The van der Waals surface area contributed by atoms with Crippen molar-refractivity contribution in [2.75, 3.05) is 24.3 Å². The minimum atomic E-state index is 0.0471. The van der Waals surface area contributed by atoms with Crippen molar-refractivity contribution in [3.05, 3.63) is 11.9 Å². The fraction of sp³-hybridized carbons (Fsp3) is 0.636. The van der Waals surface area contributed by atoms with Gasteiger partial charge in [-0.25, -0.2) is 9.97 Å². The van der Waals surface area contributed by atoms with Crippen LogP contribution in [0.15, 0.2) is 6.07 Å². The lowest BCUT2D eigenvalue weighted by molar-refractivity contribution is 0.0657. The van der Waals surface area contributed by atoms with E-state index in [1.165, 1.54) is 0 Å². The molecule has 0 unspecified atom stereocenters. The van der Waals surface area contributed by atoms with Crippen LogP contribution in [0.4, 0.5) is 11.6 Å². The maximum absolute atomic E-state index is 5.69. The second-order valence-electron chi connectivity index (χ2n) is 4.52. The van der Waals surface area contributed by atoms with E-state index in [0.717, 1.165) is 31.9 Å². The summed E-state index contributed by atoms with van der Waals surface area (Å²) in [5.74, 6) is 2.00. The van der Waals surface area contributed by atoms with Gasteiger partial charge in [-0.3, -0.25) is 0 Å². The zero-order valence-electron chi connectivity index (χ0n) is 9.79. The molecule has 0 aliphatic carbocycles. The van der Waals surface area contributed by atoms with Gasteiger partial charge in [0.15, 0.2) is 0 Å². The largest absolute Gasteiger partial charge is 0.384 e. The number of aromatic nitrogens is 2. The molecule has 3 N–H and O–H groups in total. The Kier molecular flexibility index (Phi) is 2.96. The number of nitrogens with one attached hydrogen (secondary N) is 1. The smallest absolute Gasteiger partial charge is 0.132 e. The van der Waals surface area contributed by atoms with E-state index in [2.05, 4.69) is 22.2 Å². The maximum Gasteiger partial charge on any atom is 0.132 e. The monoisotopic (exact) mass is 222 g/mol. The highest BCUT2D eigenvalue weighted by Gasteiger charge is 2.27. The SMILES string of the molecule is Cc1nc(N)cc(NC2(C)CCOCC2)n1. The number of rotatable bonds is 2. The number of aryl methyl sites for hydroxylation is 1. The van der Waals surface area contributed by atoms with Gasteiger partial charge in [-0.15, -0.1) is 0 Å². The second-order valence-corrected chi connectivity index (χ2v) is 4.52. The van der Waals surface area contributed by atoms with Crippen LogP contribution in [-0.4, -0.2) is 28.7 Å². The molecule has 1 aliphatic heterocycles. The lowest BCUT2D eigenvalue weighted by Gasteiger charge is -2.34. The number of hydrogen-bond acceptors (Lipinski definition) is 5. The zero-order chi connectivity index (χ0) is 11.6. The van der Waals surface area contributed by atoms with Crippen LogP contribution in [0.5, 0.6) is 0 Å². The number of ether oxygens (including phenoxy) is 1. The van der Waals surface area contributed by atoms with Crippen molar-refractivity contribution in [3.8, 4) is 0 Å². The molecule has 0 radical (unpaired) electrons. The molecule has 1 fully saturated rings. The van der Waals surface area contributed by atoms with Gasteiger partial charge in [0.05, 0.1) is 0 Å². The van der Waals surface area contributed by atoms with Crippen LogP contribution in [-0.2, 0) is 4.74 Å². The molecular weight excluding hydrogens is 204 g/mol. The van der Waals surface area contributed by atoms with Crippen molar-refractivity contribution >= 4 is 11.6 Å². The first-order valence-corrected chi connectivity index (χ1v) is 5.54. The maximum atomic E-state index is 5.69. The lowest BCUT2D eigenvalue weighted by atomic mass is 9.92. The van der Waals surface area contributed by atoms with Gasteiger partial charge in [0.1, 0.15) is 17.5 Å². The van der Waals surface area contributed by atoms with Crippen LogP contribution in [0.25, 0.3) is 0 Å². The standard InChI is InChI=1S/C11H18N4O/c1-8-13-9(12)7-10(14-8)15-11(2)3-5-16-6-4-11/h7H,3-6H2,1-2H3,(H3,12,13,14,15). The Hall–Kier alpha value is -1.36. The Bertz CT molecular complexity index is 354. The van der Waals surface area contributed by atoms with Gasteiger partial charge < -0.3 is 15.8 Å².